The van der Waals surface area contributed by atoms with E-state index in [1.807, 2.05) is 25.8 Å². The molecule has 0 amide bonds. The summed E-state index contributed by atoms with van der Waals surface area (Å²) in [7, 11) is -1.01. The first-order chi connectivity index (χ1) is 6.66. The predicted octanol–water partition coefficient (Wildman–Crippen LogP) is 0.903. The molecule has 0 spiro atoms. The molecule has 0 saturated carbocycles. The van der Waals surface area contributed by atoms with Crippen molar-refractivity contribution in [1.82, 2.24) is 4.90 Å². The number of sulfone groups is 1. The Morgan fingerprint density at radius 2 is 1.87 bits per heavy atom. The van der Waals surface area contributed by atoms with E-state index in [-0.39, 0.29) is 11.2 Å². The fourth-order valence-corrected chi connectivity index (χ4v) is 1.60. The first kappa shape index (κ1) is 14.4. The zero-order valence-electron chi connectivity index (χ0n) is 9.95. The van der Waals surface area contributed by atoms with E-state index in [1.54, 1.807) is 0 Å². The van der Waals surface area contributed by atoms with E-state index in [9.17, 15) is 8.42 Å². The molecule has 4 nitrogen and oxygen atoms in total. The van der Waals surface area contributed by atoms with Gasteiger partial charge in [-0.2, -0.15) is 5.26 Å². The summed E-state index contributed by atoms with van der Waals surface area (Å²) in [4.78, 5) is 1.94. The Kier molecular flexibility index (Phi) is 5.26. The molecule has 5 heteroatoms. The van der Waals surface area contributed by atoms with Gasteiger partial charge in [0.1, 0.15) is 9.84 Å². The Morgan fingerprint density at radius 3 is 2.27 bits per heavy atom. The molecule has 0 fully saturated rings. The molecular weight excluding hydrogens is 212 g/mol. The standard InChI is InChI=1S/C10H20N2O2S/c1-10(2,9-11)5-6-12(3)7-8-15(4,13)14/h5-8H2,1-4H3. The van der Waals surface area contributed by atoms with Gasteiger partial charge >= 0.3 is 0 Å². The van der Waals surface area contributed by atoms with Crippen LogP contribution in [0.25, 0.3) is 0 Å². The van der Waals surface area contributed by atoms with Gasteiger partial charge in [-0.05, 0) is 33.9 Å². The van der Waals surface area contributed by atoms with Crippen molar-refractivity contribution < 1.29 is 8.42 Å². The van der Waals surface area contributed by atoms with Crippen LogP contribution in [0.3, 0.4) is 0 Å². The number of hydrogen-bond donors (Lipinski definition) is 0. The van der Waals surface area contributed by atoms with Crippen molar-refractivity contribution in [3.05, 3.63) is 0 Å². The van der Waals surface area contributed by atoms with E-state index >= 15 is 0 Å². The molecule has 0 saturated heterocycles. The fourth-order valence-electron chi connectivity index (χ4n) is 0.960. The molecule has 0 radical (unpaired) electrons. The Bertz CT molecular complexity index is 328. The summed E-state index contributed by atoms with van der Waals surface area (Å²) in [5.41, 5.74) is -0.334. The summed E-state index contributed by atoms with van der Waals surface area (Å²) >= 11 is 0. The summed E-state index contributed by atoms with van der Waals surface area (Å²) in [5, 5.41) is 8.80. The van der Waals surface area contributed by atoms with Crippen molar-refractivity contribution in [1.29, 1.82) is 5.26 Å². The minimum atomic E-state index is -2.89. The Labute approximate surface area is 92.8 Å². The number of nitrogens with zero attached hydrogens (tertiary/aromatic N) is 2. The first-order valence-corrected chi connectivity index (χ1v) is 7.00. The second-order valence-electron chi connectivity index (χ2n) is 4.68. The van der Waals surface area contributed by atoms with E-state index in [1.165, 1.54) is 6.26 Å². The molecular formula is C10H20N2O2S. The zero-order chi connectivity index (χ0) is 12.1. The van der Waals surface area contributed by atoms with Gasteiger partial charge < -0.3 is 4.90 Å². The molecule has 0 aromatic rings. The van der Waals surface area contributed by atoms with Crippen LogP contribution in [0.4, 0.5) is 0 Å². The van der Waals surface area contributed by atoms with Crippen molar-refractivity contribution in [3.63, 3.8) is 0 Å². The molecule has 0 unspecified atom stereocenters. The third-order valence-electron chi connectivity index (χ3n) is 2.26. The topological polar surface area (TPSA) is 61.2 Å². The lowest BCUT2D eigenvalue weighted by molar-refractivity contribution is 0.299. The van der Waals surface area contributed by atoms with Gasteiger partial charge in [-0.15, -0.1) is 0 Å². The van der Waals surface area contributed by atoms with Gasteiger partial charge in [0.15, 0.2) is 0 Å². The molecule has 0 atom stereocenters. The van der Waals surface area contributed by atoms with Crippen LogP contribution in [0.5, 0.6) is 0 Å². The minimum Gasteiger partial charge on any atom is -0.305 e. The monoisotopic (exact) mass is 232 g/mol. The highest BCUT2D eigenvalue weighted by atomic mass is 32.2. The maximum atomic E-state index is 10.9. The van der Waals surface area contributed by atoms with Gasteiger partial charge in [-0.1, -0.05) is 0 Å². The summed E-state index contributed by atoms with van der Waals surface area (Å²) in [6, 6.07) is 2.22. The molecule has 88 valence electrons. The molecule has 15 heavy (non-hydrogen) atoms. The van der Waals surface area contributed by atoms with Crippen LogP contribution in [0.15, 0.2) is 0 Å². The lowest BCUT2D eigenvalue weighted by Crippen LogP contribution is -2.28. The van der Waals surface area contributed by atoms with Crippen LogP contribution in [-0.4, -0.2) is 45.5 Å². The quantitative estimate of drug-likeness (QED) is 0.682. The van der Waals surface area contributed by atoms with Crippen molar-refractivity contribution in [2.75, 3.05) is 32.1 Å². The highest BCUT2D eigenvalue weighted by Crippen LogP contribution is 2.18. The van der Waals surface area contributed by atoms with E-state index in [2.05, 4.69) is 6.07 Å². The molecule has 0 N–H and O–H groups in total. The van der Waals surface area contributed by atoms with Crippen LogP contribution in [-0.2, 0) is 9.84 Å². The summed E-state index contributed by atoms with van der Waals surface area (Å²) in [6.45, 7) is 5.05. The number of rotatable bonds is 6. The molecule has 0 heterocycles. The first-order valence-electron chi connectivity index (χ1n) is 4.94. The van der Waals surface area contributed by atoms with E-state index in [4.69, 9.17) is 5.26 Å². The summed E-state index contributed by atoms with van der Waals surface area (Å²) < 4.78 is 21.8. The predicted molar refractivity (Wildman–Crippen MR) is 61.2 cm³/mol. The van der Waals surface area contributed by atoms with Gasteiger partial charge in [0.2, 0.25) is 0 Å². The van der Waals surface area contributed by atoms with Crippen molar-refractivity contribution >= 4 is 9.84 Å². The largest absolute Gasteiger partial charge is 0.305 e. The average Bonchev–Trinajstić information content (AvgIpc) is 2.10. The van der Waals surface area contributed by atoms with Crippen LogP contribution < -0.4 is 0 Å². The third-order valence-corrected chi connectivity index (χ3v) is 3.19. The lowest BCUT2D eigenvalue weighted by atomic mass is 9.91. The molecule has 0 aromatic heterocycles. The Balaban J connectivity index is 3.87. The summed E-state index contributed by atoms with van der Waals surface area (Å²) in [5.74, 6) is 0.177. The average molecular weight is 232 g/mol. The van der Waals surface area contributed by atoms with Gasteiger partial charge in [0.05, 0.1) is 17.2 Å². The maximum absolute atomic E-state index is 10.9. The second kappa shape index (κ2) is 5.47. The van der Waals surface area contributed by atoms with Crippen molar-refractivity contribution in [3.8, 4) is 6.07 Å². The van der Waals surface area contributed by atoms with Gasteiger partial charge in [-0.25, -0.2) is 8.42 Å². The molecule has 0 aliphatic heterocycles. The van der Waals surface area contributed by atoms with Crippen molar-refractivity contribution in [2.24, 2.45) is 5.41 Å². The van der Waals surface area contributed by atoms with Gasteiger partial charge in [-0.3, -0.25) is 0 Å². The van der Waals surface area contributed by atoms with Crippen LogP contribution >= 0.6 is 0 Å². The lowest BCUT2D eigenvalue weighted by Gasteiger charge is -2.21. The summed E-state index contributed by atoms with van der Waals surface area (Å²) in [6.07, 6.45) is 1.99. The van der Waals surface area contributed by atoms with Crippen LogP contribution in [0.1, 0.15) is 20.3 Å². The molecule has 0 bridgehead atoms. The second-order valence-corrected chi connectivity index (χ2v) is 6.94. The molecule has 0 aliphatic carbocycles. The fraction of sp³-hybridized carbons (Fsp3) is 0.900. The third kappa shape index (κ3) is 8.40. The zero-order valence-corrected chi connectivity index (χ0v) is 10.8. The number of hydrogen-bond acceptors (Lipinski definition) is 4. The Hall–Kier alpha value is -0.600. The van der Waals surface area contributed by atoms with Gasteiger partial charge in [0, 0.05) is 12.8 Å². The van der Waals surface area contributed by atoms with Gasteiger partial charge in [0.25, 0.3) is 0 Å². The van der Waals surface area contributed by atoms with E-state index < -0.39 is 9.84 Å². The van der Waals surface area contributed by atoms with Crippen molar-refractivity contribution in [2.45, 2.75) is 20.3 Å². The highest BCUT2D eigenvalue weighted by molar-refractivity contribution is 7.90. The molecule has 0 aromatic carbocycles. The Morgan fingerprint density at radius 1 is 1.33 bits per heavy atom. The van der Waals surface area contributed by atoms with E-state index in [0.29, 0.717) is 6.54 Å². The molecule has 0 rings (SSSR count). The van der Waals surface area contributed by atoms with Crippen LogP contribution in [0.2, 0.25) is 0 Å². The van der Waals surface area contributed by atoms with Crippen LogP contribution in [0, 0.1) is 16.7 Å². The number of nitriles is 1. The highest BCUT2D eigenvalue weighted by Gasteiger charge is 2.17. The normalized spacial score (nSPS) is 12.8. The van der Waals surface area contributed by atoms with E-state index in [0.717, 1.165) is 13.0 Å². The SMILES string of the molecule is CN(CCC(C)(C)C#N)CCS(C)(=O)=O. The smallest absolute Gasteiger partial charge is 0.148 e. The molecule has 0 aliphatic rings. The maximum Gasteiger partial charge on any atom is 0.148 e. The minimum absolute atomic E-state index is 0.177.